The van der Waals surface area contributed by atoms with E-state index in [9.17, 15) is 5.11 Å². The number of hydrogen-bond donors (Lipinski definition) is 1. The van der Waals surface area contributed by atoms with Crippen molar-refractivity contribution in [2.45, 2.75) is 52.2 Å². The summed E-state index contributed by atoms with van der Waals surface area (Å²) in [6.45, 7) is 10.1. The number of hydrogen-bond acceptors (Lipinski definition) is 2. The number of benzene rings is 5. The third-order valence-electron chi connectivity index (χ3n) is 11.4. The van der Waals surface area contributed by atoms with Crippen LogP contribution < -0.4 is 51.0 Å². The Bertz CT molecular complexity index is 2130. The summed E-state index contributed by atoms with van der Waals surface area (Å²) < 4.78 is 3.00. The van der Waals surface area contributed by atoms with Gasteiger partial charge in [-0.15, -0.1) is 0 Å². The fourth-order valence-corrected chi connectivity index (χ4v) is 19.9. The number of para-hydroxylation sites is 1. The van der Waals surface area contributed by atoms with Gasteiger partial charge in [0.1, 0.15) is 0 Å². The van der Waals surface area contributed by atoms with Crippen molar-refractivity contribution < 1.29 is 5.11 Å². The third kappa shape index (κ3) is 3.94. The molecule has 1 aliphatic carbocycles. The van der Waals surface area contributed by atoms with Gasteiger partial charge < -0.3 is 0 Å². The van der Waals surface area contributed by atoms with Crippen LogP contribution in [0.3, 0.4) is 0 Å². The third-order valence-corrected chi connectivity index (χ3v) is 22.1. The Hall–Kier alpha value is -3.54. The summed E-state index contributed by atoms with van der Waals surface area (Å²) in [6, 6.07) is 39.1. The topological polar surface area (TPSA) is 23.5 Å². The summed E-state index contributed by atoms with van der Waals surface area (Å²) in [7, 11) is -4.02. The second-order valence-corrected chi connectivity index (χ2v) is 24.9. The average molecular weight is 695 g/mol. The molecule has 0 amide bonds. The molecule has 2 nitrogen and oxygen atoms in total. The van der Waals surface area contributed by atoms with Gasteiger partial charge in [-0.2, -0.15) is 0 Å². The Labute approximate surface area is 281 Å². The molecule has 46 heavy (non-hydrogen) atoms. The number of anilines is 2. The van der Waals surface area contributed by atoms with Gasteiger partial charge in [-0.1, -0.05) is 0 Å². The van der Waals surface area contributed by atoms with Crippen LogP contribution in [-0.4, -0.2) is 42.9 Å². The zero-order valence-corrected chi connectivity index (χ0v) is 30.7. The standard InChI is InChI=1S/C40H38BNOSeSi2/c1-26-22-35-40-39(23-26)46(4,29-12-6-5-7-13-29)36-21-19-28(43)25-31(36)41(40)30-20-18-27(24-34(30)44-35)42-32-14-8-10-16-37(32)45(2,3)38-17-11-9-15-33(38)42/h5-8,10,12-14,16,18-25,43H,9,11,15,17H2,1-4H3. The Morgan fingerprint density at radius 1 is 0.717 bits per heavy atom. The van der Waals surface area contributed by atoms with E-state index >= 15 is 0 Å². The summed E-state index contributed by atoms with van der Waals surface area (Å²) in [6.07, 6.45) is 5.01. The molecule has 3 aliphatic heterocycles. The number of aromatic hydroxyl groups is 1. The number of rotatable bonds is 2. The number of phenolic OH excluding ortho intramolecular Hbond substituents is 1. The van der Waals surface area contributed by atoms with Crippen molar-refractivity contribution in [1.29, 1.82) is 0 Å². The van der Waals surface area contributed by atoms with Crippen molar-refractivity contribution >= 4 is 95.3 Å². The molecule has 3 heterocycles. The molecule has 0 aromatic heterocycles. The molecular formula is C40H38BNOSeSi2. The zero-order chi connectivity index (χ0) is 31.4. The van der Waals surface area contributed by atoms with Gasteiger partial charge in [0.15, 0.2) is 0 Å². The molecule has 0 bridgehead atoms. The van der Waals surface area contributed by atoms with E-state index in [1.165, 1.54) is 78.3 Å². The predicted molar refractivity (Wildman–Crippen MR) is 204 cm³/mol. The van der Waals surface area contributed by atoms with Gasteiger partial charge in [-0.3, -0.25) is 0 Å². The molecule has 6 heteroatoms. The van der Waals surface area contributed by atoms with Crippen LogP contribution in [0.25, 0.3) is 0 Å². The molecule has 1 unspecified atom stereocenters. The maximum absolute atomic E-state index is 10.9. The molecule has 5 aromatic carbocycles. The van der Waals surface area contributed by atoms with Gasteiger partial charge in [0.25, 0.3) is 0 Å². The van der Waals surface area contributed by atoms with Crippen LogP contribution in [0, 0.1) is 6.92 Å². The number of allylic oxidation sites excluding steroid dienone is 2. The molecular weight excluding hydrogens is 656 g/mol. The maximum atomic E-state index is 10.9. The first-order valence-electron chi connectivity index (χ1n) is 16.7. The van der Waals surface area contributed by atoms with E-state index < -0.39 is 16.1 Å². The molecule has 4 aliphatic rings. The fourth-order valence-electron chi connectivity index (χ4n) is 9.23. The minimum absolute atomic E-state index is 0.140. The predicted octanol–water partition coefficient (Wildman–Crippen LogP) is 3.03. The first-order valence-corrected chi connectivity index (χ1v) is 24.0. The first kappa shape index (κ1) is 28.7. The zero-order valence-electron chi connectivity index (χ0n) is 27.0. The van der Waals surface area contributed by atoms with Crippen molar-refractivity contribution in [3.8, 4) is 5.75 Å². The minimum atomic E-state index is -2.31. The molecule has 5 aromatic rings. The van der Waals surface area contributed by atoms with Crippen LogP contribution in [0.5, 0.6) is 5.75 Å². The SMILES string of the molecule is Cc1cc2c3c(c1)[Si](C)(c1ccccc1)c1ccc(O)cc1B3c1ccc(N3C4=C(CCCC4)[Si](C)(C)c4ccccc43)cc1[Se]2. The average Bonchev–Trinajstić information content (AvgIpc) is 3.06. The van der Waals surface area contributed by atoms with Gasteiger partial charge in [-0.05, 0) is 0 Å². The number of phenols is 1. The first-order chi connectivity index (χ1) is 22.3. The van der Waals surface area contributed by atoms with Gasteiger partial charge in [0.2, 0.25) is 0 Å². The van der Waals surface area contributed by atoms with Gasteiger partial charge in [0.05, 0.1) is 0 Å². The Balaban J connectivity index is 1.27. The van der Waals surface area contributed by atoms with E-state index in [0.717, 1.165) is 0 Å². The Kier molecular flexibility index (Phi) is 6.37. The monoisotopic (exact) mass is 695 g/mol. The molecule has 0 fully saturated rings. The summed E-state index contributed by atoms with van der Waals surface area (Å²) in [5, 5.41) is 18.7. The van der Waals surface area contributed by atoms with Crippen LogP contribution in [0.15, 0.2) is 114 Å². The second kappa shape index (κ2) is 10.2. The van der Waals surface area contributed by atoms with Crippen molar-refractivity contribution in [1.82, 2.24) is 0 Å². The van der Waals surface area contributed by atoms with E-state index in [-0.39, 0.29) is 21.7 Å². The summed E-state index contributed by atoms with van der Waals surface area (Å²) in [5.74, 6) is 0.364. The molecule has 0 saturated carbocycles. The van der Waals surface area contributed by atoms with Crippen molar-refractivity contribution in [2.75, 3.05) is 4.90 Å². The van der Waals surface area contributed by atoms with E-state index in [1.54, 1.807) is 21.3 Å². The van der Waals surface area contributed by atoms with Gasteiger partial charge in [0, 0.05) is 0 Å². The Morgan fingerprint density at radius 3 is 2.35 bits per heavy atom. The van der Waals surface area contributed by atoms with Crippen LogP contribution in [0.2, 0.25) is 19.6 Å². The fraction of sp³-hybridized carbons (Fsp3) is 0.200. The summed E-state index contributed by atoms with van der Waals surface area (Å²) in [4.78, 5) is 2.65. The van der Waals surface area contributed by atoms with E-state index in [4.69, 9.17) is 0 Å². The van der Waals surface area contributed by atoms with E-state index in [1.807, 2.05) is 6.07 Å². The second-order valence-electron chi connectivity index (χ2n) is 14.4. The molecule has 1 N–H and O–H groups in total. The molecule has 0 saturated heterocycles. The molecule has 0 spiro atoms. The molecule has 0 radical (unpaired) electrons. The summed E-state index contributed by atoms with van der Waals surface area (Å²) >= 11 is 0.186. The van der Waals surface area contributed by atoms with E-state index in [0.29, 0.717) is 5.75 Å². The van der Waals surface area contributed by atoms with Crippen molar-refractivity contribution in [3.05, 3.63) is 120 Å². The molecule has 1 atom stereocenters. The van der Waals surface area contributed by atoms with Gasteiger partial charge >= 0.3 is 283 Å². The number of nitrogens with zero attached hydrogens (tertiary/aromatic N) is 1. The normalized spacial score (nSPS) is 20.3. The van der Waals surface area contributed by atoms with Crippen LogP contribution >= 0.6 is 0 Å². The van der Waals surface area contributed by atoms with Crippen LogP contribution in [0.1, 0.15) is 31.2 Å². The van der Waals surface area contributed by atoms with Crippen LogP contribution in [0.4, 0.5) is 11.4 Å². The molecule has 226 valence electrons. The number of fused-ring (bicyclic) bond motifs is 5. The quantitative estimate of drug-likeness (QED) is 0.282. The van der Waals surface area contributed by atoms with Gasteiger partial charge in [-0.25, -0.2) is 0 Å². The number of aryl methyl sites for hydroxylation is 1. The van der Waals surface area contributed by atoms with Crippen molar-refractivity contribution in [3.63, 3.8) is 0 Å². The van der Waals surface area contributed by atoms with Crippen molar-refractivity contribution in [2.24, 2.45) is 0 Å². The van der Waals surface area contributed by atoms with E-state index in [2.05, 4.69) is 129 Å². The summed E-state index contributed by atoms with van der Waals surface area (Å²) in [5.41, 5.74) is 9.91. The van der Waals surface area contributed by atoms with Crippen LogP contribution in [-0.2, 0) is 0 Å². The Morgan fingerprint density at radius 2 is 1.50 bits per heavy atom. The molecule has 9 rings (SSSR count).